The van der Waals surface area contributed by atoms with Gasteiger partial charge in [-0.25, -0.2) is 0 Å². The molecule has 1 N–H and O–H groups in total. The van der Waals surface area contributed by atoms with Crippen molar-refractivity contribution in [1.82, 2.24) is 20.1 Å². The van der Waals surface area contributed by atoms with Gasteiger partial charge in [0.1, 0.15) is 6.10 Å². The van der Waals surface area contributed by atoms with Gasteiger partial charge in [0.05, 0.1) is 5.69 Å². The highest BCUT2D eigenvalue weighted by atomic mass is 16.5. The molecule has 2 bridgehead atoms. The lowest BCUT2D eigenvalue weighted by Crippen LogP contribution is -2.52. The second-order valence-electron chi connectivity index (χ2n) is 6.83. The monoisotopic (exact) mass is 320 g/mol. The molecule has 0 amide bonds. The van der Waals surface area contributed by atoms with Crippen LogP contribution in [0.3, 0.4) is 0 Å². The molecule has 0 radical (unpaired) electrons. The minimum atomic E-state index is 0.267. The molecule has 122 valence electrons. The molecule has 5 heteroatoms. The molecule has 0 unspecified atom stereocenters. The highest BCUT2D eigenvalue weighted by molar-refractivity contribution is 5.84. The van der Waals surface area contributed by atoms with Gasteiger partial charge in [0.15, 0.2) is 0 Å². The zero-order chi connectivity index (χ0) is 15.9. The third-order valence-electron chi connectivity index (χ3n) is 5.36. The molecule has 3 aliphatic heterocycles. The number of ether oxygens (including phenoxy) is 1. The summed E-state index contributed by atoms with van der Waals surface area (Å²) in [4.78, 5) is 5.69. The summed E-state index contributed by atoms with van der Waals surface area (Å²) >= 11 is 0. The number of piperidine rings is 3. The number of benzene rings is 1. The van der Waals surface area contributed by atoms with Gasteiger partial charge in [-0.2, -0.15) is 0 Å². The smallest absolute Gasteiger partial charge is 0.233 e. The van der Waals surface area contributed by atoms with Crippen LogP contribution in [0, 0.1) is 5.92 Å². The Balaban J connectivity index is 1.35. The number of aromatic nitrogens is 3. The maximum atomic E-state index is 6.12. The normalized spacial score (nSPS) is 25.9. The van der Waals surface area contributed by atoms with Crippen molar-refractivity contribution >= 4 is 10.9 Å². The molecule has 1 atom stereocenters. The van der Waals surface area contributed by atoms with Crippen LogP contribution in [0.4, 0.5) is 0 Å². The molecule has 5 nitrogen and oxygen atoms in total. The summed E-state index contributed by atoms with van der Waals surface area (Å²) in [5.41, 5.74) is 3.08. The van der Waals surface area contributed by atoms with Gasteiger partial charge in [-0.15, -0.1) is 10.2 Å². The van der Waals surface area contributed by atoms with E-state index in [2.05, 4.69) is 44.3 Å². The van der Waals surface area contributed by atoms with Crippen molar-refractivity contribution in [3.05, 3.63) is 42.6 Å². The Labute approximate surface area is 140 Å². The lowest BCUT2D eigenvalue weighted by molar-refractivity contribution is -0.0103. The predicted molar refractivity (Wildman–Crippen MR) is 92.9 cm³/mol. The van der Waals surface area contributed by atoms with Gasteiger partial charge < -0.3 is 9.72 Å². The standard InChI is InChI=1S/C19H20N4O/c1-2-16-15(5-8-20-16)11-14(1)17-3-4-19(22-21-17)24-18-12-23-9-6-13(18)7-10-23/h1-5,8,11,13,18,20H,6-7,9-10,12H2/t18-/m1/s1. The Kier molecular flexibility index (Phi) is 3.26. The van der Waals surface area contributed by atoms with E-state index < -0.39 is 0 Å². The third kappa shape index (κ3) is 2.45. The van der Waals surface area contributed by atoms with Crippen molar-refractivity contribution in [1.29, 1.82) is 0 Å². The van der Waals surface area contributed by atoms with Crippen molar-refractivity contribution < 1.29 is 4.74 Å². The molecule has 1 aromatic carbocycles. The molecular weight excluding hydrogens is 300 g/mol. The first-order chi connectivity index (χ1) is 11.8. The molecule has 3 aliphatic rings. The summed E-state index contributed by atoms with van der Waals surface area (Å²) in [6.07, 6.45) is 4.70. The molecular formula is C19H20N4O. The second-order valence-corrected chi connectivity index (χ2v) is 6.83. The van der Waals surface area contributed by atoms with Crippen LogP contribution in [-0.2, 0) is 0 Å². The van der Waals surface area contributed by atoms with E-state index in [-0.39, 0.29) is 6.10 Å². The Morgan fingerprint density at radius 3 is 2.71 bits per heavy atom. The average Bonchev–Trinajstić information content (AvgIpc) is 3.11. The van der Waals surface area contributed by atoms with Crippen molar-refractivity contribution in [3.8, 4) is 17.1 Å². The van der Waals surface area contributed by atoms with Gasteiger partial charge in [0.2, 0.25) is 5.88 Å². The zero-order valence-electron chi connectivity index (χ0n) is 13.5. The van der Waals surface area contributed by atoms with Crippen LogP contribution < -0.4 is 4.74 Å². The summed E-state index contributed by atoms with van der Waals surface area (Å²) in [6.45, 7) is 3.46. The van der Waals surface area contributed by atoms with E-state index >= 15 is 0 Å². The molecule has 2 aromatic heterocycles. The lowest BCUT2D eigenvalue weighted by atomic mass is 9.86. The number of nitrogens with one attached hydrogen (secondary N) is 1. The Bertz CT molecular complexity index is 849. The van der Waals surface area contributed by atoms with Crippen molar-refractivity contribution in [2.75, 3.05) is 19.6 Å². The van der Waals surface area contributed by atoms with Crippen LogP contribution in [0.1, 0.15) is 12.8 Å². The van der Waals surface area contributed by atoms with E-state index in [4.69, 9.17) is 4.74 Å². The van der Waals surface area contributed by atoms with Gasteiger partial charge in [0, 0.05) is 35.3 Å². The number of nitrogens with zero attached hydrogens (tertiary/aromatic N) is 3. The summed E-state index contributed by atoms with van der Waals surface area (Å²) in [7, 11) is 0. The Morgan fingerprint density at radius 2 is 1.96 bits per heavy atom. The molecule has 6 rings (SSSR count). The lowest BCUT2D eigenvalue weighted by Gasteiger charge is -2.44. The minimum Gasteiger partial charge on any atom is -0.472 e. The zero-order valence-corrected chi connectivity index (χ0v) is 13.5. The van der Waals surface area contributed by atoms with E-state index in [1.54, 1.807) is 0 Å². The number of hydrogen-bond donors (Lipinski definition) is 1. The Morgan fingerprint density at radius 1 is 1.04 bits per heavy atom. The van der Waals surface area contributed by atoms with Crippen LogP contribution in [0.25, 0.3) is 22.2 Å². The highest BCUT2D eigenvalue weighted by Crippen LogP contribution is 2.30. The summed E-state index contributed by atoms with van der Waals surface area (Å²) in [6, 6.07) is 12.3. The fraction of sp³-hybridized carbons (Fsp3) is 0.368. The predicted octanol–water partition coefficient (Wildman–Crippen LogP) is 3.10. The second kappa shape index (κ2) is 5.60. The molecule has 24 heavy (non-hydrogen) atoms. The fourth-order valence-corrected chi connectivity index (χ4v) is 3.95. The van der Waals surface area contributed by atoms with Crippen LogP contribution in [0.5, 0.6) is 5.88 Å². The van der Waals surface area contributed by atoms with Gasteiger partial charge >= 0.3 is 0 Å². The average molecular weight is 320 g/mol. The number of H-pyrrole nitrogens is 1. The number of aromatic amines is 1. The SMILES string of the molecule is c1cc2cc(-c3ccc(O[C@@H]4CN5CCC4CC5)nn3)ccc2[nH]1. The topological polar surface area (TPSA) is 54.0 Å². The highest BCUT2D eigenvalue weighted by Gasteiger charge is 2.35. The van der Waals surface area contributed by atoms with Crippen molar-refractivity contribution in [2.45, 2.75) is 18.9 Å². The number of fused-ring (bicyclic) bond motifs is 4. The molecule has 3 fully saturated rings. The fourth-order valence-electron chi connectivity index (χ4n) is 3.95. The molecule has 0 aliphatic carbocycles. The van der Waals surface area contributed by atoms with Crippen LogP contribution in [0.15, 0.2) is 42.6 Å². The molecule has 3 aromatic rings. The van der Waals surface area contributed by atoms with Gasteiger partial charge in [-0.05, 0) is 56.1 Å². The summed E-state index contributed by atoms with van der Waals surface area (Å²) < 4.78 is 6.12. The maximum absolute atomic E-state index is 6.12. The van der Waals surface area contributed by atoms with Crippen molar-refractivity contribution in [3.63, 3.8) is 0 Å². The van der Waals surface area contributed by atoms with Gasteiger partial charge in [-0.1, -0.05) is 6.07 Å². The first-order valence-electron chi connectivity index (χ1n) is 8.65. The summed E-state index contributed by atoms with van der Waals surface area (Å²) in [5, 5.41) is 9.85. The molecule has 3 saturated heterocycles. The van der Waals surface area contributed by atoms with E-state index in [0.717, 1.165) is 23.3 Å². The van der Waals surface area contributed by atoms with E-state index in [9.17, 15) is 0 Å². The van der Waals surface area contributed by atoms with Crippen molar-refractivity contribution in [2.24, 2.45) is 5.92 Å². The van der Waals surface area contributed by atoms with Crippen LogP contribution >= 0.6 is 0 Å². The van der Waals surface area contributed by atoms with E-state index in [1.807, 2.05) is 18.3 Å². The molecule has 0 spiro atoms. The minimum absolute atomic E-state index is 0.267. The quantitative estimate of drug-likeness (QED) is 0.806. The van der Waals surface area contributed by atoms with Crippen LogP contribution in [0.2, 0.25) is 0 Å². The first kappa shape index (κ1) is 14.0. The van der Waals surface area contributed by atoms with E-state index in [1.165, 1.54) is 31.3 Å². The van der Waals surface area contributed by atoms with E-state index in [0.29, 0.717) is 11.8 Å². The molecule has 0 saturated carbocycles. The van der Waals surface area contributed by atoms with Gasteiger partial charge in [0.25, 0.3) is 0 Å². The maximum Gasteiger partial charge on any atom is 0.233 e. The molecule has 5 heterocycles. The Hall–Kier alpha value is -2.40. The number of hydrogen-bond acceptors (Lipinski definition) is 4. The third-order valence-corrected chi connectivity index (χ3v) is 5.36. The summed E-state index contributed by atoms with van der Waals surface area (Å²) in [5.74, 6) is 1.31. The van der Waals surface area contributed by atoms with Crippen LogP contribution in [-0.4, -0.2) is 45.8 Å². The number of rotatable bonds is 3. The largest absolute Gasteiger partial charge is 0.472 e. The van der Waals surface area contributed by atoms with Gasteiger partial charge in [-0.3, -0.25) is 4.90 Å². The first-order valence-corrected chi connectivity index (χ1v) is 8.65.